The Labute approximate surface area is 119 Å². The van der Waals surface area contributed by atoms with Crippen molar-refractivity contribution in [3.05, 3.63) is 33.8 Å². The first kappa shape index (κ1) is 13.6. The summed E-state index contributed by atoms with van der Waals surface area (Å²) < 4.78 is 4.79. The number of anilines is 1. The summed E-state index contributed by atoms with van der Waals surface area (Å²) in [6.45, 7) is 0. The van der Waals surface area contributed by atoms with Crippen molar-refractivity contribution >= 4 is 35.1 Å². The van der Waals surface area contributed by atoms with Crippen LogP contribution in [0.15, 0.2) is 18.2 Å². The molecule has 1 heterocycles. The van der Waals surface area contributed by atoms with Crippen LogP contribution in [0.25, 0.3) is 0 Å². The highest BCUT2D eigenvalue weighted by Crippen LogP contribution is 2.24. The van der Waals surface area contributed by atoms with E-state index < -0.39 is 0 Å². The van der Waals surface area contributed by atoms with E-state index in [0.29, 0.717) is 15.6 Å². The second-order valence-corrected chi connectivity index (χ2v) is 4.41. The Morgan fingerprint density at radius 2 is 2.11 bits per heavy atom. The van der Waals surface area contributed by atoms with Gasteiger partial charge in [0, 0.05) is 10.0 Å². The molecule has 0 saturated carbocycles. The summed E-state index contributed by atoms with van der Waals surface area (Å²) in [4.78, 5) is 15.7. The molecule has 0 bridgehead atoms. The number of methoxy groups -OCH3 is 1. The zero-order chi connectivity index (χ0) is 13.8. The number of rotatable bonds is 4. The van der Waals surface area contributed by atoms with E-state index in [0.717, 1.165) is 0 Å². The number of carbonyl (C=O) groups excluding carboxylic acids is 1. The average Bonchev–Trinajstić information content (AvgIpc) is 2.81. The van der Waals surface area contributed by atoms with Gasteiger partial charge in [-0.2, -0.15) is 4.98 Å². The molecule has 100 valence electrons. The van der Waals surface area contributed by atoms with E-state index in [-0.39, 0.29) is 24.3 Å². The molecule has 2 aromatic rings. The van der Waals surface area contributed by atoms with Crippen LogP contribution in [0.3, 0.4) is 0 Å². The maximum atomic E-state index is 11.8. The number of H-pyrrole nitrogens is 1. The molecule has 0 unspecified atom stereocenters. The van der Waals surface area contributed by atoms with E-state index in [2.05, 4.69) is 20.5 Å². The third kappa shape index (κ3) is 3.36. The molecule has 0 fully saturated rings. The van der Waals surface area contributed by atoms with Gasteiger partial charge in [-0.1, -0.05) is 29.3 Å². The number of carbonyl (C=O) groups is 1. The molecule has 1 aromatic heterocycles. The minimum absolute atomic E-state index is 0.0432. The number of nitrogens with zero attached hydrogens (tertiary/aromatic N) is 2. The molecule has 2 N–H and O–H groups in total. The standard InChI is InChI=1S/C11H10Cl2N4O2/c1-19-11-15-10(16-17-11)14-9(18)5-6-7(12)3-2-4-8(6)13/h2-4H,5H2,1H3,(H2,14,15,16,17,18). The Morgan fingerprint density at radius 3 is 2.68 bits per heavy atom. The normalized spacial score (nSPS) is 10.3. The monoisotopic (exact) mass is 300 g/mol. The van der Waals surface area contributed by atoms with Crippen molar-refractivity contribution < 1.29 is 9.53 Å². The quantitative estimate of drug-likeness (QED) is 0.908. The van der Waals surface area contributed by atoms with Crippen molar-refractivity contribution in [2.75, 3.05) is 12.4 Å². The largest absolute Gasteiger partial charge is 0.466 e. The first-order chi connectivity index (χ1) is 9.10. The molecule has 0 radical (unpaired) electrons. The minimum atomic E-state index is -0.311. The highest BCUT2D eigenvalue weighted by Gasteiger charge is 2.12. The number of amides is 1. The van der Waals surface area contributed by atoms with Crippen LogP contribution in [0.4, 0.5) is 5.95 Å². The van der Waals surface area contributed by atoms with Crippen molar-refractivity contribution in [3.63, 3.8) is 0 Å². The Bertz CT molecular complexity index is 580. The van der Waals surface area contributed by atoms with Crippen LogP contribution < -0.4 is 10.1 Å². The fourth-order valence-corrected chi connectivity index (χ4v) is 1.96. The smallest absolute Gasteiger partial charge is 0.336 e. The molecular formula is C11H10Cl2N4O2. The van der Waals surface area contributed by atoms with Crippen LogP contribution in [-0.4, -0.2) is 28.2 Å². The lowest BCUT2D eigenvalue weighted by molar-refractivity contribution is -0.115. The van der Waals surface area contributed by atoms with Crippen LogP contribution in [0.1, 0.15) is 5.56 Å². The van der Waals surface area contributed by atoms with Gasteiger partial charge in [-0.05, 0) is 17.7 Å². The van der Waals surface area contributed by atoms with E-state index in [1.807, 2.05) is 0 Å². The van der Waals surface area contributed by atoms with Gasteiger partial charge in [-0.15, -0.1) is 5.10 Å². The third-order valence-corrected chi connectivity index (χ3v) is 3.01. The lowest BCUT2D eigenvalue weighted by Crippen LogP contribution is -2.15. The fourth-order valence-electron chi connectivity index (χ4n) is 1.43. The highest BCUT2D eigenvalue weighted by atomic mass is 35.5. The topological polar surface area (TPSA) is 79.9 Å². The van der Waals surface area contributed by atoms with Gasteiger partial charge < -0.3 is 4.74 Å². The van der Waals surface area contributed by atoms with Gasteiger partial charge in [0.05, 0.1) is 13.5 Å². The Hall–Kier alpha value is -1.79. The molecule has 0 atom stereocenters. The van der Waals surface area contributed by atoms with Crippen molar-refractivity contribution in [2.24, 2.45) is 0 Å². The van der Waals surface area contributed by atoms with E-state index in [4.69, 9.17) is 27.9 Å². The summed E-state index contributed by atoms with van der Waals surface area (Å²) in [6.07, 6.45) is 0.0432. The lowest BCUT2D eigenvalue weighted by atomic mass is 10.1. The second kappa shape index (κ2) is 5.90. The summed E-state index contributed by atoms with van der Waals surface area (Å²) in [6, 6.07) is 5.21. The van der Waals surface area contributed by atoms with Crippen LogP contribution >= 0.6 is 23.2 Å². The summed E-state index contributed by atoms with van der Waals surface area (Å²) in [5, 5.41) is 9.64. The van der Waals surface area contributed by atoms with Crippen molar-refractivity contribution in [1.29, 1.82) is 0 Å². The Kier molecular flexibility index (Phi) is 4.24. The zero-order valence-corrected chi connectivity index (χ0v) is 11.4. The number of nitrogens with one attached hydrogen (secondary N) is 2. The van der Waals surface area contributed by atoms with Crippen LogP contribution in [0.5, 0.6) is 6.01 Å². The number of hydrogen-bond donors (Lipinski definition) is 2. The molecule has 0 saturated heterocycles. The summed E-state index contributed by atoms with van der Waals surface area (Å²) in [5.74, 6) is -0.112. The maximum absolute atomic E-state index is 11.8. The summed E-state index contributed by atoms with van der Waals surface area (Å²) in [7, 11) is 1.43. The van der Waals surface area contributed by atoms with Gasteiger partial charge in [-0.3, -0.25) is 10.1 Å². The first-order valence-corrected chi connectivity index (χ1v) is 6.05. The number of ether oxygens (including phenoxy) is 1. The third-order valence-electron chi connectivity index (χ3n) is 2.30. The summed E-state index contributed by atoms with van der Waals surface area (Å²) in [5.41, 5.74) is 0.565. The molecule has 0 aliphatic heterocycles. The molecule has 19 heavy (non-hydrogen) atoms. The van der Waals surface area contributed by atoms with Crippen molar-refractivity contribution in [2.45, 2.75) is 6.42 Å². The second-order valence-electron chi connectivity index (χ2n) is 3.60. The minimum Gasteiger partial charge on any atom is -0.466 e. The van der Waals surface area contributed by atoms with Crippen LogP contribution in [0.2, 0.25) is 10.0 Å². The van der Waals surface area contributed by atoms with Gasteiger partial charge >= 0.3 is 6.01 Å². The van der Waals surface area contributed by atoms with Gasteiger partial charge in [0.25, 0.3) is 0 Å². The number of hydrogen-bond acceptors (Lipinski definition) is 4. The van der Waals surface area contributed by atoms with Gasteiger partial charge in [0.15, 0.2) is 0 Å². The van der Waals surface area contributed by atoms with E-state index in [1.165, 1.54) is 7.11 Å². The molecule has 0 aliphatic rings. The van der Waals surface area contributed by atoms with Gasteiger partial charge in [0.1, 0.15) is 0 Å². The van der Waals surface area contributed by atoms with E-state index in [1.54, 1.807) is 18.2 Å². The van der Waals surface area contributed by atoms with Gasteiger partial charge in [-0.25, -0.2) is 5.10 Å². The predicted molar refractivity (Wildman–Crippen MR) is 71.7 cm³/mol. The van der Waals surface area contributed by atoms with Crippen molar-refractivity contribution in [1.82, 2.24) is 15.2 Å². The fraction of sp³-hybridized carbons (Fsp3) is 0.182. The zero-order valence-electron chi connectivity index (χ0n) is 9.91. The van der Waals surface area contributed by atoms with E-state index in [9.17, 15) is 4.79 Å². The number of aromatic nitrogens is 3. The predicted octanol–water partition coefficient (Wildman–Crippen LogP) is 2.30. The number of benzene rings is 1. The lowest BCUT2D eigenvalue weighted by Gasteiger charge is -2.06. The van der Waals surface area contributed by atoms with Crippen LogP contribution in [-0.2, 0) is 11.2 Å². The van der Waals surface area contributed by atoms with Crippen LogP contribution in [0, 0.1) is 0 Å². The highest BCUT2D eigenvalue weighted by molar-refractivity contribution is 6.36. The molecule has 0 spiro atoms. The first-order valence-electron chi connectivity index (χ1n) is 5.29. The average molecular weight is 301 g/mol. The SMILES string of the molecule is COc1n[nH]c(NC(=O)Cc2c(Cl)cccc2Cl)n1. The number of aromatic amines is 1. The van der Waals surface area contributed by atoms with Gasteiger partial charge in [0.2, 0.25) is 11.9 Å². The molecule has 1 aromatic carbocycles. The maximum Gasteiger partial charge on any atom is 0.336 e. The molecule has 1 amide bonds. The Balaban J connectivity index is 2.05. The molecular weight excluding hydrogens is 291 g/mol. The van der Waals surface area contributed by atoms with Crippen molar-refractivity contribution in [3.8, 4) is 6.01 Å². The Morgan fingerprint density at radius 1 is 1.42 bits per heavy atom. The summed E-state index contributed by atoms with van der Waals surface area (Å²) >= 11 is 12.0. The molecule has 0 aliphatic carbocycles. The molecule has 2 rings (SSSR count). The molecule has 8 heteroatoms. The van der Waals surface area contributed by atoms with E-state index >= 15 is 0 Å². The number of halogens is 2. The molecule has 6 nitrogen and oxygen atoms in total.